The van der Waals surface area contributed by atoms with Gasteiger partial charge in [-0.2, -0.15) is 0 Å². The highest BCUT2D eigenvalue weighted by Crippen LogP contribution is 2.65. The van der Waals surface area contributed by atoms with Crippen LogP contribution in [-0.4, -0.2) is 6.16 Å². The molecule has 1 atom stereocenters. The summed E-state index contributed by atoms with van der Waals surface area (Å²) in [5.41, 5.74) is 3.18. The minimum absolute atomic E-state index is 0.627. The molecular formula is C27H26P+. The van der Waals surface area contributed by atoms with Crippen molar-refractivity contribution in [3.63, 3.8) is 0 Å². The lowest BCUT2D eigenvalue weighted by molar-refractivity contribution is 0.723. The summed E-state index contributed by atoms with van der Waals surface area (Å²) in [5, 5.41) is 5.93. The molecule has 0 aromatic heterocycles. The average molecular weight is 381 g/mol. The molecule has 0 nitrogen and oxygen atoms in total. The Hall–Kier alpha value is -2.43. The molecule has 0 saturated heterocycles. The average Bonchev–Trinajstić information content (AvgIpc) is 2.79. The van der Waals surface area contributed by atoms with Crippen LogP contribution in [0.1, 0.15) is 30.4 Å². The molecule has 1 aliphatic heterocycles. The van der Waals surface area contributed by atoms with Crippen molar-refractivity contribution in [2.75, 3.05) is 6.16 Å². The number of fused-ring (bicyclic) bond motifs is 3. The number of hydrogen-bond donors (Lipinski definition) is 0. The van der Waals surface area contributed by atoms with E-state index in [1.807, 2.05) is 0 Å². The van der Waals surface area contributed by atoms with Gasteiger partial charge in [-0.15, -0.1) is 0 Å². The minimum Gasteiger partial charge on any atom is -0.0647 e. The molecular weight excluding hydrogens is 355 g/mol. The predicted molar refractivity (Wildman–Crippen MR) is 125 cm³/mol. The van der Waals surface area contributed by atoms with Crippen LogP contribution in [-0.2, 0) is 6.16 Å². The second-order valence-electron chi connectivity index (χ2n) is 7.94. The summed E-state index contributed by atoms with van der Waals surface area (Å²) in [5.74, 6) is 0.627. The summed E-state index contributed by atoms with van der Waals surface area (Å²) >= 11 is 0. The molecule has 0 amide bonds. The maximum atomic E-state index is 2.41. The van der Waals surface area contributed by atoms with E-state index in [0.717, 1.165) is 0 Å². The summed E-state index contributed by atoms with van der Waals surface area (Å²) in [6.45, 7) is 2.36. The molecule has 1 heteroatoms. The van der Waals surface area contributed by atoms with Crippen LogP contribution in [0.25, 0.3) is 10.8 Å². The Labute approximate surface area is 168 Å². The lowest BCUT2D eigenvalue weighted by atomic mass is 9.90. The highest BCUT2D eigenvalue weighted by Gasteiger charge is 2.48. The van der Waals surface area contributed by atoms with Crippen molar-refractivity contribution < 1.29 is 0 Å². The van der Waals surface area contributed by atoms with E-state index in [1.54, 1.807) is 21.7 Å². The minimum atomic E-state index is -1.50. The lowest BCUT2D eigenvalue weighted by Crippen LogP contribution is -2.32. The fourth-order valence-electron chi connectivity index (χ4n) is 5.04. The molecule has 28 heavy (non-hydrogen) atoms. The van der Waals surface area contributed by atoms with E-state index in [1.165, 1.54) is 29.5 Å². The van der Waals surface area contributed by atoms with Gasteiger partial charge >= 0.3 is 0 Å². The van der Waals surface area contributed by atoms with Crippen LogP contribution in [0.2, 0.25) is 0 Å². The van der Waals surface area contributed by atoms with Gasteiger partial charge in [-0.05, 0) is 47.0 Å². The van der Waals surface area contributed by atoms with Crippen molar-refractivity contribution in [1.29, 1.82) is 0 Å². The predicted octanol–water partition coefficient (Wildman–Crippen LogP) is 6.52. The Balaban J connectivity index is 1.80. The SMILES string of the molecule is CCC1C[P+](c2ccccc2)(c2ccccc2)Cc2c1ccc1ccccc21. The van der Waals surface area contributed by atoms with E-state index < -0.39 is 7.26 Å². The maximum Gasteiger partial charge on any atom is 0.0995 e. The van der Waals surface area contributed by atoms with Crippen molar-refractivity contribution in [3.8, 4) is 0 Å². The third-order valence-electron chi connectivity index (χ3n) is 6.47. The molecule has 0 bridgehead atoms. The van der Waals surface area contributed by atoms with Crippen molar-refractivity contribution in [2.45, 2.75) is 25.4 Å². The molecule has 5 rings (SSSR count). The van der Waals surface area contributed by atoms with Gasteiger partial charge in [0.2, 0.25) is 0 Å². The van der Waals surface area contributed by atoms with Crippen molar-refractivity contribution in [2.24, 2.45) is 0 Å². The zero-order valence-electron chi connectivity index (χ0n) is 16.4. The topological polar surface area (TPSA) is 0 Å². The second kappa shape index (κ2) is 7.19. The Kier molecular flexibility index (Phi) is 4.53. The van der Waals surface area contributed by atoms with Gasteiger partial charge in [0.1, 0.15) is 0 Å². The van der Waals surface area contributed by atoms with Crippen LogP contribution in [0.3, 0.4) is 0 Å². The first-order chi connectivity index (χ1) is 13.8. The van der Waals surface area contributed by atoms with Crippen molar-refractivity contribution in [3.05, 3.63) is 108 Å². The largest absolute Gasteiger partial charge is 0.0995 e. The standard InChI is InChI=1S/C27H26P/c1-2-21-19-28(23-12-5-3-6-13-23,24-14-7-4-8-15-24)20-27-25-16-10-9-11-22(25)17-18-26(21)27/h3-18,21H,2,19-20H2,1H3/q+1. The van der Waals surface area contributed by atoms with Gasteiger partial charge in [0.15, 0.2) is 0 Å². The van der Waals surface area contributed by atoms with Gasteiger partial charge in [-0.1, -0.05) is 79.7 Å². The van der Waals surface area contributed by atoms with Gasteiger partial charge in [0.05, 0.1) is 30.2 Å². The summed E-state index contributed by atoms with van der Waals surface area (Å²) < 4.78 is 0. The zero-order chi connectivity index (χ0) is 19.0. The Morgan fingerprint density at radius 3 is 1.96 bits per heavy atom. The van der Waals surface area contributed by atoms with Crippen LogP contribution in [0.15, 0.2) is 97.1 Å². The molecule has 0 saturated carbocycles. The Morgan fingerprint density at radius 2 is 1.32 bits per heavy atom. The molecule has 0 aliphatic carbocycles. The molecule has 0 N–H and O–H groups in total. The molecule has 1 aliphatic rings. The van der Waals surface area contributed by atoms with Gasteiger partial charge in [-0.25, -0.2) is 0 Å². The molecule has 0 radical (unpaired) electrons. The summed E-state index contributed by atoms with van der Waals surface area (Å²) in [7, 11) is -1.50. The van der Waals surface area contributed by atoms with Crippen LogP contribution in [0, 0.1) is 0 Å². The first-order valence-corrected chi connectivity index (χ1v) is 12.5. The maximum absolute atomic E-state index is 2.41. The smallest absolute Gasteiger partial charge is 0.0647 e. The fraction of sp³-hybridized carbons (Fsp3) is 0.185. The lowest BCUT2D eigenvalue weighted by Gasteiger charge is -2.37. The van der Waals surface area contributed by atoms with Crippen LogP contribution >= 0.6 is 7.26 Å². The molecule has 0 spiro atoms. The monoisotopic (exact) mass is 381 g/mol. The van der Waals surface area contributed by atoms with Crippen LogP contribution in [0.5, 0.6) is 0 Å². The van der Waals surface area contributed by atoms with E-state index in [9.17, 15) is 0 Å². The van der Waals surface area contributed by atoms with Crippen molar-refractivity contribution in [1.82, 2.24) is 0 Å². The third-order valence-corrected chi connectivity index (χ3v) is 11.0. The number of rotatable bonds is 3. The molecule has 4 aromatic carbocycles. The zero-order valence-corrected chi connectivity index (χ0v) is 17.3. The van der Waals surface area contributed by atoms with Gasteiger partial charge in [0, 0.05) is 11.5 Å². The molecule has 4 aromatic rings. The van der Waals surface area contributed by atoms with E-state index >= 15 is 0 Å². The summed E-state index contributed by atoms with van der Waals surface area (Å²) in [6, 6.07) is 36.4. The third kappa shape index (κ3) is 2.79. The molecule has 0 fully saturated rings. The fourth-order valence-corrected chi connectivity index (χ4v) is 9.84. The second-order valence-corrected chi connectivity index (χ2v) is 11.6. The van der Waals surface area contributed by atoms with Gasteiger partial charge in [0.25, 0.3) is 0 Å². The highest BCUT2D eigenvalue weighted by molar-refractivity contribution is 7.89. The Bertz CT molecular complexity index is 1060. The van der Waals surface area contributed by atoms with Gasteiger partial charge < -0.3 is 0 Å². The normalized spacial score (nSPS) is 18.0. The first-order valence-electron chi connectivity index (χ1n) is 10.3. The van der Waals surface area contributed by atoms with E-state index in [2.05, 4.69) is 104 Å². The number of benzene rings is 4. The van der Waals surface area contributed by atoms with E-state index in [4.69, 9.17) is 0 Å². The first kappa shape index (κ1) is 17.7. The molecule has 1 heterocycles. The van der Waals surface area contributed by atoms with E-state index in [0.29, 0.717) is 5.92 Å². The van der Waals surface area contributed by atoms with Gasteiger partial charge in [-0.3, -0.25) is 0 Å². The van der Waals surface area contributed by atoms with Crippen LogP contribution < -0.4 is 10.6 Å². The molecule has 138 valence electrons. The number of hydrogen-bond acceptors (Lipinski definition) is 0. The van der Waals surface area contributed by atoms with Crippen molar-refractivity contribution >= 4 is 28.6 Å². The molecule has 1 unspecified atom stereocenters. The highest BCUT2D eigenvalue weighted by atomic mass is 31.2. The Morgan fingerprint density at radius 1 is 0.714 bits per heavy atom. The van der Waals surface area contributed by atoms with E-state index in [-0.39, 0.29) is 0 Å². The summed E-state index contributed by atoms with van der Waals surface area (Å²) in [4.78, 5) is 0. The summed E-state index contributed by atoms with van der Waals surface area (Å²) in [6.07, 6.45) is 3.66. The van der Waals surface area contributed by atoms with Crippen LogP contribution in [0.4, 0.5) is 0 Å². The quantitative estimate of drug-likeness (QED) is 0.355.